The summed E-state index contributed by atoms with van der Waals surface area (Å²) in [7, 11) is 0. The number of rotatable bonds is 6. The molecule has 0 amide bonds. The lowest BCUT2D eigenvalue weighted by atomic mass is 10.1. The Morgan fingerprint density at radius 2 is 1.86 bits per heavy atom. The second kappa shape index (κ2) is 6.14. The Labute approximate surface area is 85.5 Å². The van der Waals surface area contributed by atoms with E-state index in [-0.39, 0.29) is 0 Å². The molecule has 0 unspecified atom stereocenters. The van der Waals surface area contributed by atoms with Gasteiger partial charge < -0.3 is 0 Å². The topological polar surface area (TPSA) is 17.1 Å². The summed E-state index contributed by atoms with van der Waals surface area (Å²) in [6, 6.07) is 7.79. The van der Waals surface area contributed by atoms with E-state index in [4.69, 9.17) is 0 Å². The van der Waals surface area contributed by atoms with Gasteiger partial charge in [0.25, 0.3) is 0 Å². The predicted octanol–water partition coefficient (Wildman–Crippen LogP) is 3.40. The summed E-state index contributed by atoms with van der Waals surface area (Å²) in [5.41, 5.74) is 2.06. The third-order valence-electron chi connectivity index (χ3n) is 2.24. The van der Waals surface area contributed by atoms with Crippen LogP contribution < -0.4 is 0 Å². The Hall–Kier alpha value is -1.37. The molecule has 74 valence electrons. The number of unbranched alkanes of at least 4 members (excludes halogenated alkanes) is 2. The second-order valence-electron chi connectivity index (χ2n) is 3.39. The number of hydrogen-bond acceptors (Lipinski definition) is 1. The Bertz CT molecular complexity index is 285. The van der Waals surface area contributed by atoms with E-state index in [9.17, 15) is 4.79 Å². The fraction of sp³-hybridized carbons (Fsp3) is 0.308. The second-order valence-corrected chi connectivity index (χ2v) is 3.39. The first-order valence-electron chi connectivity index (χ1n) is 5.02. The molecule has 0 aromatic heterocycles. The molecule has 0 aliphatic carbocycles. The molecule has 1 aromatic rings. The number of allylic oxidation sites excluding steroid dienone is 1. The van der Waals surface area contributed by atoms with Crippen molar-refractivity contribution in [3.05, 3.63) is 48.0 Å². The van der Waals surface area contributed by atoms with Gasteiger partial charge in [-0.15, -0.1) is 6.58 Å². The van der Waals surface area contributed by atoms with Crippen molar-refractivity contribution in [2.75, 3.05) is 0 Å². The van der Waals surface area contributed by atoms with E-state index >= 15 is 0 Å². The van der Waals surface area contributed by atoms with Crippen molar-refractivity contribution in [1.82, 2.24) is 0 Å². The molecule has 0 atom stereocenters. The fourth-order valence-electron chi connectivity index (χ4n) is 1.38. The van der Waals surface area contributed by atoms with Gasteiger partial charge in [-0.25, -0.2) is 0 Å². The van der Waals surface area contributed by atoms with Crippen LogP contribution in [0.5, 0.6) is 0 Å². The van der Waals surface area contributed by atoms with Crippen molar-refractivity contribution >= 4 is 6.29 Å². The average Bonchev–Trinajstić information content (AvgIpc) is 2.25. The van der Waals surface area contributed by atoms with E-state index in [0.29, 0.717) is 0 Å². The van der Waals surface area contributed by atoms with E-state index in [2.05, 4.69) is 6.58 Å². The molecule has 1 aromatic carbocycles. The van der Waals surface area contributed by atoms with Gasteiger partial charge in [0, 0.05) is 5.56 Å². The van der Waals surface area contributed by atoms with Gasteiger partial charge in [-0.2, -0.15) is 0 Å². The highest BCUT2D eigenvalue weighted by Crippen LogP contribution is 2.07. The average molecular weight is 188 g/mol. The number of hydrogen-bond donors (Lipinski definition) is 0. The highest BCUT2D eigenvalue weighted by molar-refractivity contribution is 5.74. The first-order chi connectivity index (χ1) is 6.86. The summed E-state index contributed by atoms with van der Waals surface area (Å²) in [6.07, 6.45) is 7.39. The molecule has 0 fully saturated rings. The van der Waals surface area contributed by atoms with Gasteiger partial charge in [0.1, 0.15) is 6.29 Å². The summed E-state index contributed by atoms with van der Waals surface area (Å²) in [6.45, 7) is 3.69. The summed E-state index contributed by atoms with van der Waals surface area (Å²) >= 11 is 0. The van der Waals surface area contributed by atoms with E-state index in [1.54, 1.807) is 0 Å². The maximum Gasteiger partial charge on any atom is 0.150 e. The highest BCUT2D eigenvalue weighted by atomic mass is 16.1. The molecule has 14 heavy (non-hydrogen) atoms. The minimum Gasteiger partial charge on any atom is -0.298 e. The molecule has 1 rings (SSSR count). The quantitative estimate of drug-likeness (QED) is 0.380. The molecule has 1 heteroatoms. The van der Waals surface area contributed by atoms with Crippen LogP contribution in [0.25, 0.3) is 0 Å². The van der Waals surface area contributed by atoms with Crippen LogP contribution in [0.1, 0.15) is 35.2 Å². The third kappa shape index (κ3) is 3.56. The number of aryl methyl sites for hydroxylation is 1. The van der Waals surface area contributed by atoms with Crippen LogP contribution in [0.15, 0.2) is 36.9 Å². The summed E-state index contributed by atoms with van der Waals surface area (Å²) < 4.78 is 0. The van der Waals surface area contributed by atoms with Gasteiger partial charge in [0.05, 0.1) is 0 Å². The van der Waals surface area contributed by atoms with Crippen LogP contribution in [0.3, 0.4) is 0 Å². The molecule has 0 bridgehead atoms. The molecule has 0 spiro atoms. The predicted molar refractivity (Wildman–Crippen MR) is 59.6 cm³/mol. The molecular weight excluding hydrogens is 172 g/mol. The van der Waals surface area contributed by atoms with E-state index < -0.39 is 0 Å². The maximum atomic E-state index is 10.4. The van der Waals surface area contributed by atoms with Crippen molar-refractivity contribution < 1.29 is 4.79 Å². The summed E-state index contributed by atoms with van der Waals surface area (Å²) in [5.74, 6) is 0. The standard InChI is InChI=1S/C13H16O/c1-2-3-4-5-6-12-7-9-13(11-14)10-8-12/h2,7-11H,1,3-6H2. The van der Waals surface area contributed by atoms with Gasteiger partial charge in [-0.05, 0) is 31.2 Å². The van der Waals surface area contributed by atoms with Crippen LogP contribution in [0.2, 0.25) is 0 Å². The lowest BCUT2D eigenvalue weighted by molar-refractivity contribution is 0.112. The molecular formula is C13H16O. The first-order valence-corrected chi connectivity index (χ1v) is 5.02. The number of carbonyl (C=O) groups is 1. The van der Waals surface area contributed by atoms with Crippen molar-refractivity contribution in [1.29, 1.82) is 0 Å². The number of carbonyl (C=O) groups excluding carboxylic acids is 1. The first kappa shape index (κ1) is 10.7. The molecule has 0 heterocycles. The van der Waals surface area contributed by atoms with E-state index in [1.807, 2.05) is 30.3 Å². The zero-order valence-corrected chi connectivity index (χ0v) is 8.41. The summed E-state index contributed by atoms with van der Waals surface area (Å²) in [5, 5.41) is 0. The Balaban J connectivity index is 2.36. The molecule has 1 nitrogen and oxygen atoms in total. The van der Waals surface area contributed by atoms with Crippen LogP contribution >= 0.6 is 0 Å². The van der Waals surface area contributed by atoms with Crippen molar-refractivity contribution in [2.45, 2.75) is 25.7 Å². The zero-order valence-electron chi connectivity index (χ0n) is 8.41. The Morgan fingerprint density at radius 3 is 2.43 bits per heavy atom. The molecule has 0 aliphatic rings. The van der Waals surface area contributed by atoms with Gasteiger partial charge in [-0.3, -0.25) is 4.79 Å². The SMILES string of the molecule is C=CCCCCc1ccc(C=O)cc1. The summed E-state index contributed by atoms with van der Waals surface area (Å²) in [4.78, 5) is 10.4. The number of aldehydes is 1. The Morgan fingerprint density at radius 1 is 1.14 bits per heavy atom. The van der Waals surface area contributed by atoms with Gasteiger partial charge in [0.15, 0.2) is 0 Å². The lowest BCUT2D eigenvalue weighted by Gasteiger charge is -2.00. The third-order valence-corrected chi connectivity index (χ3v) is 2.24. The lowest BCUT2D eigenvalue weighted by Crippen LogP contribution is -1.86. The molecule has 0 saturated carbocycles. The van der Waals surface area contributed by atoms with E-state index in [0.717, 1.165) is 24.7 Å². The fourth-order valence-corrected chi connectivity index (χ4v) is 1.38. The van der Waals surface area contributed by atoms with Gasteiger partial charge >= 0.3 is 0 Å². The largest absolute Gasteiger partial charge is 0.298 e. The van der Waals surface area contributed by atoms with Crippen LogP contribution in [0.4, 0.5) is 0 Å². The zero-order chi connectivity index (χ0) is 10.2. The normalized spacial score (nSPS) is 9.71. The van der Waals surface area contributed by atoms with Gasteiger partial charge in [-0.1, -0.05) is 30.3 Å². The molecule has 0 radical (unpaired) electrons. The molecule has 0 saturated heterocycles. The molecule has 0 aliphatic heterocycles. The minimum absolute atomic E-state index is 0.750. The van der Waals surface area contributed by atoms with E-state index in [1.165, 1.54) is 18.4 Å². The van der Waals surface area contributed by atoms with Crippen LogP contribution in [0, 0.1) is 0 Å². The molecule has 0 N–H and O–H groups in total. The van der Waals surface area contributed by atoms with Crippen molar-refractivity contribution in [3.63, 3.8) is 0 Å². The van der Waals surface area contributed by atoms with Crippen LogP contribution in [-0.4, -0.2) is 6.29 Å². The Kier molecular flexibility index (Phi) is 4.70. The highest BCUT2D eigenvalue weighted by Gasteiger charge is 1.93. The smallest absolute Gasteiger partial charge is 0.150 e. The maximum absolute atomic E-state index is 10.4. The minimum atomic E-state index is 0.750. The van der Waals surface area contributed by atoms with Crippen molar-refractivity contribution in [2.24, 2.45) is 0 Å². The van der Waals surface area contributed by atoms with Crippen molar-refractivity contribution in [3.8, 4) is 0 Å². The monoisotopic (exact) mass is 188 g/mol. The van der Waals surface area contributed by atoms with Gasteiger partial charge in [0.2, 0.25) is 0 Å². The number of benzene rings is 1. The van der Waals surface area contributed by atoms with Crippen LogP contribution in [-0.2, 0) is 6.42 Å².